The molecule has 190 valence electrons. The van der Waals surface area contributed by atoms with E-state index in [2.05, 4.69) is 63.9 Å². The summed E-state index contributed by atoms with van der Waals surface area (Å²) in [5.41, 5.74) is 7.93. The molecular weight excluding hydrogens is 440 g/mol. The van der Waals surface area contributed by atoms with Crippen molar-refractivity contribution >= 4 is 29.4 Å². The van der Waals surface area contributed by atoms with Crippen molar-refractivity contribution in [2.75, 3.05) is 35.6 Å². The van der Waals surface area contributed by atoms with Crippen LogP contribution < -0.4 is 27.0 Å². The summed E-state index contributed by atoms with van der Waals surface area (Å²) >= 11 is 0. The lowest BCUT2D eigenvalue weighted by Crippen LogP contribution is -2.41. The monoisotopic (exact) mass is 480 g/mol. The van der Waals surface area contributed by atoms with Crippen LogP contribution in [0.1, 0.15) is 62.9 Å². The highest BCUT2D eigenvalue weighted by atomic mass is 16.1. The average molecular weight is 481 g/mol. The van der Waals surface area contributed by atoms with Crippen molar-refractivity contribution in [3.8, 4) is 0 Å². The summed E-state index contributed by atoms with van der Waals surface area (Å²) in [7, 11) is 0. The number of anilines is 4. The summed E-state index contributed by atoms with van der Waals surface area (Å²) in [5, 5.41) is 13.6. The van der Waals surface area contributed by atoms with Gasteiger partial charge >= 0.3 is 0 Å². The van der Waals surface area contributed by atoms with Crippen molar-refractivity contribution in [3.63, 3.8) is 0 Å². The fourth-order valence-corrected chi connectivity index (χ4v) is 5.21. The third-order valence-electron chi connectivity index (χ3n) is 8.44. The molecule has 1 saturated carbocycles. The largest absolute Gasteiger partial charge is 0.366 e. The highest BCUT2D eigenvalue weighted by Crippen LogP contribution is 2.47. The smallest absolute Gasteiger partial charge is 0.248 e. The molecule has 9 nitrogen and oxygen atoms in total. The van der Waals surface area contributed by atoms with Crippen LogP contribution in [0.5, 0.6) is 0 Å². The Morgan fingerprint density at radius 2 is 1.86 bits per heavy atom. The summed E-state index contributed by atoms with van der Waals surface area (Å²) in [6, 6.07) is 5.59. The van der Waals surface area contributed by atoms with Gasteiger partial charge in [0.05, 0.1) is 0 Å². The second-order valence-electron chi connectivity index (χ2n) is 10.9. The molecule has 1 saturated heterocycles. The average Bonchev–Trinajstić information content (AvgIpc) is 3.31. The van der Waals surface area contributed by atoms with Crippen LogP contribution in [0.2, 0.25) is 0 Å². The number of primary amides is 1. The molecule has 6 N–H and O–H groups in total. The van der Waals surface area contributed by atoms with Crippen molar-refractivity contribution in [1.29, 1.82) is 0 Å². The molecule has 9 heteroatoms. The van der Waals surface area contributed by atoms with Crippen LogP contribution in [0.3, 0.4) is 0 Å². The third kappa shape index (κ3) is 5.83. The number of benzene rings is 1. The van der Waals surface area contributed by atoms with E-state index in [1.165, 1.54) is 12.8 Å². The zero-order chi connectivity index (χ0) is 25.2. The predicted octanol–water partition coefficient (Wildman–Crippen LogP) is 3.92. The number of nitrogens with one attached hydrogen (secondary N) is 4. The van der Waals surface area contributed by atoms with Crippen molar-refractivity contribution in [3.05, 3.63) is 29.3 Å². The maximum Gasteiger partial charge on any atom is 0.248 e. The van der Waals surface area contributed by atoms with E-state index in [0.717, 1.165) is 43.2 Å². The Hall–Kier alpha value is -2.94. The number of hydrogen-bond donors (Lipinski definition) is 5. The van der Waals surface area contributed by atoms with Crippen molar-refractivity contribution in [2.45, 2.75) is 59.9 Å². The Labute approximate surface area is 208 Å². The number of aromatic nitrogens is 3. The first kappa shape index (κ1) is 25.2. The van der Waals surface area contributed by atoms with Gasteiger partial charge in [-0.15, -0.1) is 0 Å². The zero-order valence-electron chi connectivity index (χ0n) is 21.6. The first-order valence-electron chi connectivity index (χ1n) is 12.8. The van der Waals surface area contributed by atoms with E-state index in [4.69, 9.17) is 5.73 Å². The Morgan fingerprint density at radius 1 is 1.11 bits per heavy atom. The molecule has 1 aliphatic heterocycles. The fourth-order valence-electron chi connectivity index (χ4n) is 5.21. The molecule has 2 aliphatic rings. The minimum atomic E-state index is -0.471. The Balaban J connectivity index is 1.55. The van der Waals surface area contributed by atoms with E-state index in [1.807, 2.05) is 13.0 Å². The van der Waals surface area contributed by atoms with Crippen LogP contribution in [0.25, 0.3) is 0 Å². The van der Waals surface area contributed by atoms with Gasteiger partial charge in [-0.1, -0.05) is 33.8 Å². The van der Waals surface area contributed by atoms with Gasteiger partial charge in [-0.25, -0.2) is 0 Å². The topological polar surface area (TPSA) is 130 Å². The normalized spacial score (nSPS) is 25.7. The number of nitrogens with two attached hydrogens (primary N) is 1. The van der Waals surface area contributed by atoms with E-state index < -0.39 is 5.91 Å². The molecule has 1 aromatic heterocycles. The summed E-state index contributed by atoms with van der Waals surface area (Å²) in [4.78, 5) is 25.6. The molecule has 0 unspecified atom stereocenters. The molecular formula is C26H40N8O. The number of amides is 1. The summed E-state index contributed by atoms with van der Waals surface area (Å²) < 4.78 is 0. The standard InChI is InChI=1S/C26H40N8O/c1-15-6-8-18(22(27)35)12-21(15)31-25-33-23(32-24(34-25)30-20-10-11-28-14-20)29-13-19-9-7-16(2)26(4,5)17(19)3/h6,8,12,16-17,19-20,28H,7,9-11,13-14H2,1-5H3,(H2,27,35)(H3,29,30,31,32,33,34)/t16-,17+,19+,20-/m1/s1. The van der Waals surface area contributed by atoms with E-state index >= 15 is 0 Å². The molecule has 4 rings (SSSR count). The quantitative estimate of drug-likeness (QED) is 0.384. The van der Waals surface area contributed by atoms with Gasteiger partial charge in [0.15, 0.2) is 0 Å². The first-order valence-corrected chi connectivity index (χ1v) is 12.8. The van der Waals surface area contributed by atoms with Gasteiger partial charge in [0.2, 0.25) is 23.8 Å². The maximum absolute atomic E-state index is 11.7. The van der Waals surface area contributed by atoms with Gasteiger partial charge in [0.25, 0.3) is 0 Å². The number of nitrogens with zero attached hydrogens (tertiary/aromatic N) is 3. The number of carbonyl (C=O) groups excluding carboxylic acids is 1. The number of aryl methyl sites for hydroxylation is 1. The van der Waals surface area contributed by atoms with Crippen molar-refractivity contribution in [2.24, 2.45) is 28.9 Å². The molecule has 1 amide bonds. The maximum atomic E-state index is 11.7. The highest BCUT2D eigenvalue weighted by molar-refractivity contribution is 5.94. The van der Waals surface area contributed by atoms with Crippen LogP contribution in [0, 0.1) is 30.1 Å². The molecule has 2 fully saturated rings. The van der Waals surface area contributed by atoms with E-state index in [9.17, 15) is 4.79 Å². The van der Waals surface area contributed by atoms with E-state index in [0.29, 0.717) is 40.7 Å². The first-order chi connectivity index (χ1) is 16.6. The van der Waals surface area contributed by atoms with Gasteiger partial charge in [0, 0.05) is 30.4 Å². The lowest BCUT2D eigenvalue weighted by atomic mass is 9.59. The van der Waals surface area contributed by atoms with Gasteiger partial charge in [-0.05, 0) is 73.6 Å². The third-order valence-corrected chi connectivity index (χ3v) is 8.44. The molecule has 4 atom stereocenters. The Bertz CT molecular complexity index is 1050. The summed E-state index contributed by atoms with van der Waals surface area (Å²) in [5.74, 6) is 2.90. The number of rotatable bonds is 8. The van der Waals surface area contributed by atoms with Gasteiger partial charge in [0.1, 0.15) is 0 Å². The van der Waals surface area contributed by atoms with Gasteiger partial charge in [-0.2, -0.15) is 15.0 Å². The van der Waals surface area contributed by atoms with Crippen LogP contribution in [0.4, 0.5) is 23.5 Å². The van der Waals surface area contributed by atoms with E-state index in [-0.39, 0.29) is 6.04 Å². The lowest BCUT2D eigenvalue weighted by molar-refractivity contribution is 0.0381. The van der Waals surface area contributed by atoms with Crippen molar-refractivity contribution < 1.29 is 4.79 Å². The minimum absolute atomic E-state index is 0.277. The molecule has 2 heterocycles. The van der Waals surface area contributed by atoms with Crippen LogP contribution >= 0.6 is 0 Å². The predicted molar refractivity (Wildman–Crippen MR) is 141 cm³/mol. The summed E-state index contributed by atoms with van der Waals surface area (Å²) in [6.07, 6.45) is 3.46. The number of hydrogen-bond acceptors (Lipinski definition) is 8. The second kappa shape index (κ2) is 10.4. The van der Waals surface area contributed by atoms with Crippen molar-refractivity contribution in [1.82, 2.24) is 20.3 Å². The number of carbonyl (C=O) groups is 1. The molecule has 0 radical (unpaired) electrons. The van der Waals surface area contributed by atoms with Crippen LogP contribution in [-0.2, 0) is 0 Å². The van der Waals surface area contributed by atoms with Crippen LogP contribution in [0.15, 0.2) is 18.2 Å². The van der Waals surface area contributed by atoms with Gasteiger partial charge in [-0.3, -0.25) is 4.79 Å². The summed E-state index contributed by atoms with van der Waals surface area (Å²) in [6.45, 7) is 14.2. The highest BCUT2D eigenvalue weighted by Gasteiger charge is 2.40. The Morgan fingerprint density at radius 3 is 2.57 bits per heavy atom. The van der Waals surface area contributed by atoms with E-state index in [1.54, 1.807) is 12.1 Å². The lowest BCUT2D eigenvalue weighted by Gasteiger charge is -2.47. The molecule has 0 spiro atoms. The fraction of sp³-hybridized carbons (Fsp3) is 0.615. The van der Waals surface area contributed by atoms with Crippen LogP contribution in [-0.4, -0.2) is 46.5 Å². The molecule has 1 aromatic carbocycles. The molecule has 2 aromatic rings. The minimum Gasteiger partial charge on any atom is -0.366 e. The Kier molecular flexibility index (Phi) is 7.44. The molecule has 0 bridgehead atoms. The second-order valence-corrected chi connectivity index (χ2v) is 10.9. The molecule has 35 heavy (non-hydrogen) atoms. The zero-order valence-corrected chi connectivity index (χ0v) is 21.6. The van der Waals surface area contributed by atoms with Gasteiger partial charge < -0.3 is 27.0 Å². The molecule has 1 aliphatic carbocycles. The SMILES string of the molecule is Cc1ccc(C(N)=O)cc1Nc1nc(NC[C@@H]2CC[C@@H](C)C(C)(C)[C@H]2C)nc(N[C@@H]2CCNC2)n1.